The second-order valence-corrected chi connectivity index (χ2v) is 9.52. The highest BCUT2D eigenvalue weighted by Crippen LogP contribution is 2.31. The minimum atomic E-state index is 0.196. The minimum absolute atomic E-state index is 0.196. The Morgan fingerprint density at radius 3 is 2.85 bits per heavy atom. The van der Waals surface area contributed by atoms with E-state index in [4.69, 9.17) is 4.98 Å². The largest absolute Gasteiger partial charge is 0.507 e. The molecule has 1 unspecified atom stereocenters. The Morgan fingerprint density at radius 2 is 2.00 bits per heavy atom. The lowest BCUT2D eigenvalue weighted by molar-refractivity contribution is 0.173. The Labute approximate surface area is 206 Å². The highest BCUT2D eigenvalue weighted by Gasteiger charge is 2.21. The van der Waals surface area contributed by atoms with Gasteiger partial charge in [-0.3, -0.25) is 4.90 Å². The van der Waals surface area contributed by atoms with Gasteiger partial charge in [-0.1, -0.05) is 30.3 Å². The van der Waals surface area contributed by atoms with Gasteiger partial charge < -0.3 is 10.4 Å². The number of halogens is 1. The number of phenols is 1. The predicted molar refractivity (Wildman–Crippen MR) is 135 cm³/mol. The summed E-state index contributed by atoms with van der Waals surface area (Å²) in [5.41, 5.74) is 3.90. The van der Waals surface area contributed by atoms with Crippen molar-refractivity contribution in [3.8, 4) is 23.1 Å². The summed E-state index contributed by atoms with van der Waals surface area (Å²) in [5, 5.41) is 27.8. The number of fused-ring (bicyclic) bond motifs is 1. The Hall–Kier alpha value is -3.41. The number of nitrogens with one attached hydrogen (secondary N) is 1. The summed E-state index contributed by atoms with van der Waals surface area (Å²) in [7, 11) is 0. The predicted octanol–water partition coefficient (Wildman–Crippen LogP) is 5.06. The maximum Gasteiger partial charge on any atom is 0.172 e. The van der Waals surface area contributed by atoms with Crippen LogP contribution in [-0.4, -0.2) is 44.2 Å². The maximum atomic E-state index is 10.3. The molecule has 0 aliphatic carbocycles. The van der Waals surface area contributed by atoms with Crippen LogP contribution in [0, 0.1) is 17.2 Å². The zero-order valence-corrected chi connectivity index (χ0v) is 20.2. The molecule has 5 rings (SSSR count). The normalized spacial score (nSPS) is 16.4. The van der Waals surface area contributed by atoms with Crippen molar-refractivity contribution in [1.82, 2.24) is 19.5 Å². The van der Waals surface area contributed by atoms with Crippen LogP contribution < -0.4 is 5.32 Å². The molecule has 0 spiro atoms. The molecule has 3 heterocycles. The van der Waals surface area contributed by atoms with Crippen LogP contribution in [0.15, 0.2) is 65.3 Å². The third-order valence-corrected chi connectivity index (χ3v) is 6.87. The molecule has 1 saturated heterocycles. The van der Waals surface area contributed by atoms with Crippen LogP contribution in [0.1, 0.15) is 24.0 Å². The standard InChI is InChI=1S/C26H25BrN6O/c27-22-15-30-33-25(12-23(31-26(22)33)21-9-3-4-10-24(21)34)29-14-18-6-5-11-32(16-18)17-20-8-2-1-7-19(20)13-28/h1-4,7-10,12,15,18,29,34H,5-6,11,14,16-17H2. The van der Waals surface area contributed by atoms with Gasteiger partial charge in [-0.25, -0.2) is 4.98 Å². The topological polar surface area (TPSA) is 89.5 Å². The summed E-state index contributed by atoms with van der Waals surface area (Å²) < 4.78 is 2.59. The van der Waals surface area contributed by atoms with Gasteiger partial charge in [-0.05, 0) is 65.0 Å². The number of benzene rings is 2. The number of aromatic nitrogens is 3. The molecule has 2 aromatic carbocycles. The van der Waals surface area contributed by atoms with E-state index < -0.39 is 0 Å². The molecule has 0 bridgehead atoms. The summed E-state index contributed by atoms with van der Waals surface area (Å²) in [4.78, 5) is 7.15. The first-order valence-electron chi connectivity index (χ1n) is 11.4. The van der Waals surface area contributed by atoms with E-state index in [1.54, 1.807) is 22.8 Å². The van der Waals surface area contributed by atoms with Gasteiger partial charge in [0.2, 0.25) is 0 Å². The van der Waals surface area contributed by atoms with Crippen LogP contribution in [0.25, 0.3) is 16.9 Å². The van der Waals surface area contributed by atoms with Crippen LogP contribution in [-0.2, 0) is 6.54 Å². The molecule has 172 valence electrons. The van der Waals surface area contributed by atoms with Crippen LogP contribution in [0.2, 0.25) is 0 Å². The summed E-state index contributed by atoms with van der Waals surface area (Å²) in [6.45, 7) is 3.60. The second-order valence-electron chi connectivity index (χ2n) is 8.66. The molecular weight excluding hydrogens is 492 g/mol. The fourth-order valence-electron chi connectivity index (χ4n) is 4.61. The fraction of sp³-hybridized carbons (Fsp3) is 0.269. The zero-order chi connectivity index (χ0) is 23.5. The van der Waals surface area contributed by atoms with Crippen molar-refractivity contribution in [2.75, 3.05) is 25.0 Å². The number of aromatic hydroxyl groups is 1. The Morgan fingerprint density at radius 1 is 1.18 bits per heavy atom. The van der Waals surface area contributed by atoms with Gasteiger partial charge in [0.05, 0.1) is 28.0 Å². The number of rotatable bonds is 6. The molecule has 34 heavy (non-hydrogen) atoms. The number of hydrogen-bond donors (Lipinski definition) is 2. The molecule has 7 nitrogen and oxygen atoms in total. The Bertz CT molecular complexity index is 1360. The maximum absolute atomic E-state index is 10.3. The molecule has 2 N–H and O–H groups in total. The number of nitriles is 1. The van der Waals surface area contributed by atoms with E-state index >= 15 is 0 Å². The first kappa shape index (κ1) is 22.4. The highest BCUT2D eigenvalue weighted by molar-refractivity contribution is 9.10. The highest BCUT2D eigenvalue weighted by atomic mass is 79.9. The molecule has 8 heteroatoms. The quantitative estimate of drug-likeness (QED) is 0.372. The molecule has 2 aromatic heterocycles. The van der Waals surface area contributed by atoms with Gasteiger partial charge in [0, 0.05) is 31.3 Å². The van der Waals surface area contributed by atoms with Crippen LogP contribution in [0.4, 0.5) is 5.82 Å². The van der Waals surface area contributed by atoms with E-state index in [0.29, 0.717) is 22.8 Å². The second kappa shape index (κ2) is 9.84. The van der Waals surface area contributed by atoms with E-state index in [-0.39, 0.29) is 5.75 Å². The Balaban J connectivity index is 1.33. The lowest BCUT2D eigenvalue weighted by Crippen LogP contribution is -2.37. The van der Waals surface area contributed by atoms with Gasteiger partial charge >= 0.3 is 0 Å². The third-order valence-electron chi connectivity index (χ3n) is 6.32. The summed E-state index contributed by atoms with van der Waals surface area (Å²) in [6.07, 6.45) is 4.01. The lowest BCUT2D eigenvalue weighted by atomic mass is 9.97. The smallest absolute Gasteiger partial charge is 0.172 e. The van der Waals surface area contributed by atoms with E-state index in [0.717, 1.165) is 60.4 Å². The monoisotopic (exact) mass is 516 g/mol. The van der Waals surface area contributed by atoms with Crippen molar-refractivity contribution < 1.29 is 5.11 Å². The Kier molecular flexibility index (Phi) is 6.48. The van der Waals surface area contributed by atoms with Crippen LogP contribution in [0.5, 0.6) is 5.75 Å². The molecule has 1 aliphatic rings. The number of piperidine rings is 1. The molecule has 0 saturated carbocycles. The van der Waals surface area contributed by atoms with Crippen LogP contribution >= 0.6 is 15.9 Å². The van der Waals surface area contributed by atoms with Gasteiger partial charge in [-0.15, -0.1) is 0 Å². The molecule has 0 radical (unpaired) electrons. The first-order chi connectivity index (χ1) is 16.6. The molecule has 0 amide bonds. The molecular formula is C26H25BrN6O. The first-order valence-corrected chi connectivity index (χ1v) is 12.2. The number of likely N-dealkylation sites (tertiary alicyclic amines) is 1. The number of anilines is 1. The van der Waals surface area contributed by atoms with Crippen molar-refractivity contribution in [2.24, 2.45) is 5.92 Å². The van der Waals surface area contributed by atoms with Crippen LogP contribution in [0.3, 0.4) is 0 Å². The number of nitrogens with zero attached hydrogens (tertiary/aromatic N) is 5. The average Bonchev–Trinajstić information content (AvgIpc) is 3.24. The zero-order valence-electron chi connectivity index (χ0n) is 18.7. The molecule has 1 fully saturated rings. The van der Waals surface area contributed by atoms with Crippen molar-refractivity contribution in [2.45, 2.75) is 19.4 Å². The average molecular weight is 517 g/mol. The SMILES string of the molecule is N#Cc1ccccc1CN1CCCC(CNc2cc(-c3ccccc3O)nc3c(Br)cnn23)C1. The van der Waals surface area contributed by atoms with Gasteiger partial charge in [0.1, 0.15) is 11.6 Å². The fourth-order valence-corrected chi connectivity index (χ4v) is 4.96. The lowest BCUT2D eigenvalue weighted by Gasteiger charge is -2.33. The molecule has 1 aliphatic heterocycles. The van der Waals surface area contributed by atoms with Gasteiger partial charge in [0.25, 0.3) is 0 Å². The third kappa shape index (κ3) is 4.63. The number of para-hydroxylation sites is 1. The van der Waals surface area contributed by atoms with Crippen molar-refractivity contribution in [3.05, 3.63) is 76.4 Å². The molecule has 4 aromatic rings. The van der Waals surface area contributed by atoms with Crippen molar-refractivity contribution >= 4 is 27.4 Å². The summed E-state index contributed by atoms with van der Waals surface area (Å²) in [5.74, 6) is 1.50. The van der Waals surface area contributed by atoms with E-state index in [1.807, 2.05) is 42.5 Å². The van der Waals surface area contributed by atoms with Crippen molar-refractivity contribution in [3.63, 3.8) is 0 Å². The van der Waals surface area contributed by atoms with E-state index in [2.05, 4.69) is 37.3 Å². The molecule has 1 atom stereocenters. The van der Waals surface area contributed by atoms with Crippen molar-refractivity contribution in [1.29, 1.82) is 5.26 Å². The van der Waals surface area contributed by atoms with Gasteiger partial charge in [0.15, 0.2) is 5.65 Å². The van der Waals surface area contributed by atoms with E-state index in [1.165, 1.54) is 0 Å². The minimum Gasteiger partial charge on any atom is -0.507 e. The summed E-state index contributed by atoms with van der Waals surface area (Å²) in [6, 6.07) is 19.3. The summed E-state index contributed by atoms with van der Waals surface area (Å²) >= 11 is 3.54. The van der Waals surface area contributed by atoms with Gasteiger partial charge in [-0.2, -0.15) is 14.9 Å². The van der Waals surface area contributed by atoms with E-state index in [9.17, 15) is 10.4 Å². The number of phenolic OH excluding ortho intramolecular Hbond substituents is 1. The number of hydrogen-bond acceptors (Lipinski definition) is 6.